The zero-order valence-electron chi connectivity index (χ0n) is 18.8. The summed E-state index contributed by atoms with van der Waals surface area (Å²) in [5.41, 5.74) is 7.75. The Morgan fingerprint density at radius 1 is 0.879 bits per heavy atom. The molecule has 6 heteroatoms. The number of halogens is 1. The molecule has 1 aliphatic heterocycles. The summed E-state index contributed by atoms with van der Waals surface area (Å²) in [7, 11) is 0. The van der Waals surface area contributed by atoms with E-state index in [9.17, 15) is 0 Å². The number of aryl methyl sites for hydroxylation is 3. The molecule has 1 fully saturated rings. The summed E-state index contributed by atoms with van der Waals surface area (Å²) in [5.74, 6) is 0. The monoisotopic (exact) mass is 472 g/mol. The molecule has 2 atom stereocenters. The Morgan fingerprint density at radius 2 is 1.67 bits per heavy atom. The molecule has 1 N–H and O–H groups in total. The van der Waals surface area contributed by atoms with E-state index in [2.05, 4.69) is 88.3 Å². The molecular formula is C27H25ClN4S. The van der Waals surface area contributed by atoms with Crippen LogP contribution in [0.2, 0.25) is 5.02 Å². The van der Waals surface area contributed by atoms with Crippen LogP contribution in [0.1, 0.15) is 40.2 Å². The summed E-state index contributed by atoms with van der Waals surface area (Å²) in [6, 6.07) is 22.7. The first-order chi connectivity index (χ1) is 15.9. The molecule has 4 nitrogen and oxygen atoms in total. The van der Waals surface area contributed by atoms with Crippen LogP contribution in [0.3, 0.4) is 0 Å². The predicted molar refractivity (Wildman–Crippen MR) is 139 cm³/mol. The van der Waals surface area contributed by atoms with E-state index in [0.717, 1.165) is 33.3 Å². The van der Waals surface area contributed by atoms with Crippen molar-refractivity contribution < 1.29 is 0 Å². The third-order valence-electron chi connectivity index (χ3n) is 6.37. The zero-order chi connectivity index (χ0) is 23.1. The fraction of sp³-hybridized carbons (Fsp3) is 0.185. The van der Waals surface area contributed by atoms with E-state index < -0.39 is 0 Å². The standard InChI is InChI=1S/C27H25ClN4S/c1-17-9-10-21(15-18(17)2)32-26(25(30-27(32)33)23-7-4-5-13-29-23)24-8-6-14-31(24)20-11-12-22(28)19(3)16-20/h4-16,25-26H,1-3H3,(H,30,33). The van der Waals surface area contributed by atoms with Crippen molar-refractivity contribution >= 4 is 34.6 Å². The van der Waals surface area contributed by atoms with Crippen LogP contribution in [-0.2, 0) is 0 Å². The lowest BCUT2D eigenvalue weighted by Gasteiger charge is -2.29. The lowest BCUT2D eigenvalue weighted by Crippen LogP contribution is -2.30. The predicted octanol–water partition coefficient (Wildman–Crippen LogP) is 6.63. The molecule has 4 aromatic rings. The summed E-state index contributed by atoms with van der Waals surface area (Å²) in [4.78, 5) is 6.89. The minimum Gasteiger partial charge on any atom is -0.351 e. The maximum atomic E-state index is 6.31. The minimum absolute atomic E-state index is 0.0829. The second kappa shape index (κ2) is 8.65. The average Bonchev–Trinajstić information content (AvgIpc) is 3.42. The smallest absolute Gasteiger partial charge is 0.174 e. The molecule has 0 aliphatic carbocycles. The van der Waals surface area contributed by atoms with Gasteiger partial charge in [-0.1, -0.05) is 23.7 Å². The molecule has 1 saturated heterocycles. The minimum atomic E-state index is -0.0950. The van der Waals surface area contributed by atoms with Crippen molar-refractivity contribution in [1.82, 2.24) is 14.9 Å². The van der Waals surface area contributed by atoms with E-state index in [4.69, 9.17) is 23.8 Å². The van der Waals surface area contributed by atoms with Crippen LogP contribution in [-0.4, -0.2) is 14.7 Å². The zero-order valence-corrected chi connectivity index (χ0v) is 20.4. The van der Waals surface area contributed by atoms with Crippen molar-refractivity contribution in [1.29, 1.82) is 0 Å². The van der Waals surface area contributed by atoms with Gasteiger partial charge in [0.2, 0.25) is 0 Å². The third kappa shape index (κ3) is 3.92. The van der Waals surface area contributed by atoms with E-state index in [1.165, 1.54) is 11.1 Å². The number of pyridine rings is 1. The second-order valence-corrected chi connectivity index (χ2v) is 9.30. The van der Waals surface area contributed by atoms with Gasteiger partial charge in [0.05, 0.1) is 11.7 Å². The molecule has 5 rings (SSSR count). The number of hydrogen-bond donors (Lipinski definition) is 1. The topological polar surface area (TPSA) is 33.1 Å². The highest BCUT2D eigenvalue weighted by atomic mass is 35.5. The molecule has 2 unspecified atom stereocenters. The van der Waals surface area contributed by atoms with Gasteiger partial charge in [-0.25, -0.2) is 0 Å². The van der Waals surface area contributed by atoms with E-state index in [1.54, 1.807) is 0 Å². The number of nitrogens with one attached hydrogen (secondary N) is 1. The maximum absolute atomic E-state index is 6.31. The molecule has 166 valence electrons. The Labute approximate surface area is 204 Å². The number of hydrogen-bond acceptors (Lipinski definition) is 2. The van der Waals surface area contributed by atoms with Crippen molar-refractivity contribution in [3.63, 3.8) is 0 Å². The van der Waals surface area contributed by atoms with Crippen molar-refractivity contribution in [3.8, 4) is 5.69 Å². The number of nitrogens with zero attached hydrogens (tertiary/aromatic N) is 3. The van der Waals surface area contributed by atoms with Crippen molar-refractivity contribution in [2.24, 2.45) is 0 Å². The highest BCUT2D eigenvalue weighted by Gasteiger charge is 2.42. The Kier molecular flexibility index (Phi) is 5.69. The maximum Gasteiger partial charge on any atom is 0.174 e. The van der Waals surface area contributed by atoms with Gasteiger partial charge in [0, 0.05) is 34.5 Å². The molecule has 2 aromatic carbocycles. The highest BCUT2D eigenvalue weighted by molar-refractivity contribution is 7.80. The van der Waals surface area contributed by atoms with Gasteiger partial charge in [-0.2, -0.15) is 0 Å². The molecule has 0 radical (unpaired) electrons. The first kappa shape index (κ1) is 21.7. The number of benzene rings is 2. The lowest BCUT2D eigenvalue weighted by molar-refractivity contribution is 0.549. The number of anilines is 1. The Balaban J connectivity index is 1.68. The Morgan fingerprint density at radius 3 is 2.39 bits per heavy atom. The highest BCUT2D eigenvalue weighted by Crippen LogP contribution is 2.42. The van der Waals surface area contributed by atoms with Gasteiger partial charge in [0.15, 0.2) is 5.11 Å². The van der Waals surface area contributed by atoms with Gasteiger partial charge in [-0.3, -0.25) is 4.98 Å². The largest absolute Gasteiger partial charge is 0.351 e. The van der Waals surface area contributed by atoms with E-state index >= 15 is 0 Å². The summed E-state index contributed by atoms with van der Waals surface area (Å²) in [6.45, 7) is 6.29. The van der Waals surface area contributed by atoms with Crippen molar-refractivity contribution in [3.05, 3.63) is 112 Å². The number of rotatable bonds is 4. The van der Waals surface area contributed by atoms with Crippen LogP contribution in [0, 0.1) is 20.8 Å². The molecule has 0 spiro atoms. The van der Waals surface area contributed by atoms with Gasteiger partial charge >= 0.3 is 0 Å². The Bertz CT molecular complexity index is 1330. The molecule has 0 saturated carbocycles. The lowest BCUT2D eigenvalue weighted by atomic mass is 10.00. The SMILES string of the molecule is Cc1ccc(N2C(=S)NC(c3ccccn3)C2c2cccn2-c2ccc(Cl)c(C)c2)cc1C. The van der Waals surface area contributed by atoms with E-state index in [-0.39, 0.29) is 12.1 Å². The molecule has 0 amide bonds. The summed E-state index contributed by atoms with van der Waals surface area (Å²) in [6.07, 6.45) is 3.92. The first-order valence-corrected chi connectivity index (χ1v) is 11.7. The van der Waals surface area contributed by atoms with Crippen LogP contribution in [0.4, 0.5) is 5.69 Å². The quantitative estimate of drug-likeness (QED) is 0.338. The summed E-state index contributed by atoms with van der Waals surface area (Å²) < 4.78 is 2.22. The Hall–Kier alpha value is -3.15. The van der Waals surface area contributed by atoms with E-state index in [1.807, 2.05) is 31.3 Å². The molecule has 3 heterocycles. The molecule has 0 bridgehead atoms. The third-order valence-corrected chi connectivity index (χ3v) is 7.11. The van der Waals surface area contributed by atoms with E-state index in [0.29, 0.717) is 5.11 Å². The van der Waals surface area contributed by atoms with Gasteiger partial charge in [-0.05, 0) is 104 Å². The van der Waals surface area contributed by atoms with Crippen LogP contribution in [0.15, 0.2) is 79.1 Å². The van der Waals surface area contributed by atoms with Gasteiger partial charge in [0.25, 0.3) is 0 Å². The van der Waals surface area contributed by atoms with Crippen molar-refractivity contribution in [2.45, 2.75) is 32.9 Å². The second-order valence-electron chi connectivity index (χ2n) is 8.50. The normalized spacial score (nSPS) is 17.9. The van der Waals surface area contributed by atoms with Crippen LogP contribution >= 0.6 is 23.8 Å². The number of aromatic nitrogens is 2. The number of thiocarbonyl (C=S) groups is 1. The summed E-state index contributed by atoms with van der Waals surface area (Å²) >= 11 is 12.2. The van der Waals surface area contributed by atoms with Crippen LogP contribution in [0.5, 0.6) is 0 Å². The average molecular weight is 473 g/mol. The molecule has 33 heavy (non-hydrogen) atoms. The summed E-state index contributed by atoms with van der Waals surface area (Å²) in [5, 5.41) is 5.01. The van der Waals surface area contributed by atoms with Crippen LogP contribution < -0.4 is 10.2 Å². The molecule has 1 aliphatic rings. The fourth-order valence-corrected chi connectivity index (χ4v) is 4.92. The van der Waals surface area contributed by atoms with Crippen LogP contribution in [0.25, 0.3) is 5.69 Å². The van der Waals surface area contributed by atoms with Gasteiger partial charge in [-0.15, -0.1) is 0 Å². The first-order valence-electron chi connectivity index (χ1n) is 11.0. The molecular weight excluding hydrogens is 448 g/mol. The molecule has 2 aromatic heterocycles. The fourth-order valence-electron chi connectivity index (χ4n) is 4.46. The van der Waals surface area contributed by atoms with Gasteiger partial charge < -0.3 is 14.8 Å². The van der Waals surface area contributed by atoms with Gasteiger partial charge in [0.1, 0.15) is 6.04 Å². The van der Waals surface area contributed by atoms with Crippen molar-refractivity contribution in [2.75, 3.05) is 4.90 Å².